The summed E-state index contributed by atoms with van der Waals surface area (Å²) in [4.78, 5) is 37.7. The van der Waals surface area contributed by atoms with E-state index in [0.717, 1.165) is 41.5 Å². The van der Waals surface area contributed by atoms with Crippen molar-refractivity contribution in [2.24, 2.45) is 0 Å². The second-order valence-corrected chi connectivity index (χ2v) is 8.58. The zero-order valence-corrected chi connectivity index (χ0v) is 19.2. The number of carbonyl (C=O) groups is 1. The number of hydrogen-bond donors (Lipinski definition) is 1. The van der Waals surface area contributed by atoms with Gasteiger partial charge in [-0.15, -0.1) is 0 Å². The van der Waals surface area contributed by atoms with Crippen molar-refractivity contribution in [1.29, 1.82) is 0 Å². The molecule has 0 aliphatic rings. The van der Waals surface area contributed by atoms with Crippen molar-refractivity contribution in [3.8, 4) is 0 Å². The van der Waals surface area contributed by atoms with E-state index in [1.54, 1.807) is 12.4 Å². The molecule has 0 atom stereocenters. The summed E-state index contributed by atoms with van der Waals surface area (Å²) in [7, 11) is 0. The highest BCUT2D eigenvalue weighted by molar-refractivity contribution is 5.90. The second-order valence-electron chi connectivity index (χ2n) is 8.58. The van der Waals surface area contributed by atoms with Gasteiger partial charge in [0.25, 0.3) is 5.56 Å². The zero-order valence-electron chi connectivity index (χ0n) is 19.2. The molecule has 0 aliphatic carbocycles. The van der Waals surface area contributed by atoms with E-state index in [9.17, 15) is 9.59 Å². The van der Waals surface area contributed by atoms with Crippen LogP contribution in [0.2, 0.25) is 0 Å². The minimum atomic E-state index is -0.237. The molecule has 3 aromatic rings. The van der Waals surface area contributed by atoms with E-state index in [-0.39, 0.29) is 17.4 Å². The molecule has 3 rings (SSSR count). The maximum absolute atomic E-state index is 13.1. The molecule has 1 N–H and O–H groups in total. The van der Waals surface area contributed by atoms with Gasteiger partial charge in [0.1, 0.15) is 12.7 Å². The van der Waals surface area contributed by atoms with Crippen LogP contribution in [0.1, 0.15) is 69.1 Å². The molecular formula is C25H31N5O2. The molecule has 0 unspecified atom stereocenters. The molecule has 7 heteroatoms. The molecule has 0 saturated carbocycles. The van der Waals surface area contributed by atoms with Gasteiger partial charge in [-0.1, -0.05) is 33.8 Å². The third-order valence-corrected chi connectivity index (χ3v) is 5.42. The van der Waals surface area contributed by atoms with Gasteiger partial charge in [-0.3, -0.25) is 14.2 Å². The number of aryl methyl sites for hydroxylation is 1. The van der Waals surface area contributed by atoms with Crippen LogP contribution in [0.25, 0.3) is 17.1 Å². The lowest BCUT2D eigenvalue weighted by Gasteiger charge is -2.14. The summed E-state index contributed by atoms with van der Waals surface area (Å²) in [6.45, 7) is 8.99. The Bertz CT molecular complexity index is 1150. The highest BCUT2D eigenvalue weighted by Crippen LogP contribution is 2.27. The number of fused-ring (bicyclic) bond motifs is 1. The Hall–Kier alpha value is -3.35. The van der Waals surface area contributed by atoms with Crippen molar-refractivity contribution in [2.45, 2.75) is 58.8 Å². The fraction of sp³-hybridized carbons (Fsp3) is 0.400. The lowest BCUT2D eigenvalue weighted by atomic mass is 9.93. The number of amides is 1. The van der Waals surface area contributed by atoms with E-state index in [1.165, 1.54) is 29.5 Å². The number of rotatable bonds is 9. The molecule has 32 heavy (non-hydrogen) atoms. The third kappa shape index (κ3) is 5.87. The second kappa shape index (κ2) is 10.8. The van der Waals surface area contributed by atoms with Gasteiger partial charge in [-0.25, -0.2) is 15.0 Å². The molecule has 2 aromatic heterocycles. The summed E-state index contributed by atoms with van der Waals surface area (Å²) >= 11 is 0. The van der Waals surface area contributed by atoms with Crippen LogP contribution in [0.4, 0.5) is 0 Å². The lowest BCUT2D eigenvalue weighted by molar-refractivity contribution is -0.116. The highest BCUT2D eigenvalue weighted by atomic mass is 16.1. The van der Waals surface area contributed by atoms with Gasteiger partial charge in [0.05, 0.1) is 10.9 Å². The van der Waals surface area contributed by atoms with Crippen LogP contribution in [0.15, 0.2) is 48.1 Å². The van der Waals surface area contributed by atoms with Gasteiger partial charge in [0.2, 0.25) is 5.91 Å². The molecule has 2 heterocycles. The minimum Gasteiger partial charge on any atom is -0.353 e. The topological polar surface area (TPSA) is 89.8 Å². The minimum absolute atomic E-state index is 0.173. The maximum atomic E-state index is 13.1. The number of hydrogen-bond acceptors (Lipinski definition) is 5. The first-order valence-corrected chi connectivity index (χ1v) is 11.1. The zero-order chi connectivity index (χ0) is 23.1. The standard InChI is InChI=1S/C25H31N5O2/c1-17(2)20-11-21(18(3)4)24-22(12-20)25(32)30(16-29-24)10-8-23(31)28-9-6-5-7-19-13-26-15-27-14-19/h8,10-18H,5-7,9H2,1-4H3,(H,28,31)/b10-8+. The first-order chi connectivity index (χ1) is 15.4. The van der Waals surface area contributed by atoms with Crippen molar-refractivity contribution in [3.05, 3.63) is 70.3 Å². The third-order valence-electron chi connectivity index (χ3n) is 5.42. The quantitative estimate of drug-likeness (QED) is 0.406. The smallest absolute Gasteiger partial charge is 0.265 e. The SMILES string of the molecule is CC(C)c1cc(C(C)C)c2ncn(/C=C/C(=O)NCCCCc3cncnc3)c(=O)c2c1. The summed E-state index contributed by atoms with van der Waals surface area (Å²) in [6, 6.07) is 4.06. The molecule has 168 valence electrons. The van der Waals surface area contributed by atoms with Gasteiger partial charge in [-0.05, 0) is 53.9 Å². The maximum Gasteiger partial charge on any atom is 0.265 e. The first kappa shape index (κ1) is 23.3. The molecule has 0 radical (unpaired) electrons. The predicted octanol–water partition coefficient (Wildman–Crippen LogP) is 4.04. The Morgan fingerprint density at radius 2 is 1.84 bits per heavy atom. The molecule has 0 spiro atoms. The Morgan fingerprint density at radius 1 is 1.09 bits per heavy atom. The van der Waals surface area contributed by atoms with Gasteiger partial charge in [0, 0.05) is 31.2 Å². The summed E-state index contributed by atoms with van der Waals surface area (Å²) in [5, 5.41) is 3.43. The summed E-state index contributed by atoms with van der Waals surface area (Å²) < 4.78 is 1.37. The van der Waals surface area contributed by atoms with Crippen LogP contribution in [0.5, 0.6) is 0 Å². The normalized spacial score (nSPS) is 11.7. The molecule has 0 aliphatic heterocycles. The molecule has 0 saturated heterocycles. The fourth-order valence-corrected chi connectivity index (χ4v) is 3.51. The average Bonchev–Trinajstić information content (AvgIpc) is 2.78. The number of nitrogens with one attached hydrogen (secondary N) is 1. The Morgan fingerprint density at radius 3 is 2.53 bits per heavy atom. The van der Waals surface area contributed by atoms with E-state index in [4.69, 9.17) is 0 Å². The van der Waals surface area contributed by atoms with Crippen LogP contribution in [-0.4, -0.2) is 32.0 Å². The van der Waals surface area contributed by atoms with Crippen molar-refractivity contribution in [3.63, 3.8) is 0 Å². The van der Waals surface area contributed by atoms with E-state index in [1.807, 2.05) is 6.07 Å². The van der Waals surface area contributed by atoms with Gasteiger partial charge in [0.15, 0.2) is 0 Å². The van der Waals surface area contributed by atoms with Crippen molar-refractivity contribution < 1.29 is 4.79 Å². The molecule has 7 nitrogen and oxygen atoms in total. The number of nitrogens with zero attached hydrogens (tertiary/aromatic N) is 4. The molecular weight excluding hydrogens is 402 g/mol. The Labute approximate surface area is 188 Å². The fourth-order valence-electron chi connectivity index (χ4n) is 3.51. The van der Waals surface area contributed by atoms with Crippen molar-refractivity contribution >= 4 is 23.0 Å². The largest absolute Gasteiger partial charge is 0.353 e. The van der Waals surface area contributed by atoms with Gasteiger partial charge < -0.3 is 5.32 Å². The van der Waals surface area contributed by atoms with Crippen LogP contribution >= 0.6 is 0 Å². The monoisotopic (exact) mass is 433 g/mol. The molecule has 0 fully saturated rings. The highest BCUT2D eigenvalue weighted by Gasteiger charge is 2.14. The van der Waals surface area contributed by atoms with E-state index < -0.39 is 0 Å². The van der Waals surface area contributed by atoms with Crippen molar-refractivity contribution in [2.75, 3.05) is 6.54 Å². The number of benzene rings is 1. The Balaban J connectivity index is 1.65. The first-order valence-electron chi connectivity index (χ1n) is 11.1. The van der Waals surface area contributed by atoms with E-state index in [2.05, 4.69) is 54.0 Å². The van der Waals surface area contributed by atoms with Crippen LogP contribution < -0.4 is 10.9 Å². The number of aromatic nitrogens is 4. The molecule has 1 amide bonds. The molecule has 1 aromatic carbocycles. The van der Waals surface area contributed by atoms with Gasteiger partial charge >= 0.3 is 0 Å². The van der Waals surface area contributed by atoms with E-state index in [0.29, 0.717) is 17.8 Å². The molecule has 0 bridgehead atoms. The van der Waals surface area contributed by atoms with E-state index >= 15 is 0 Å². The van der Waals surface area contributed by atoms with Crippen LogP contribution in [0, 0.1) is 0 Å². The summed E-state index contributed by atoms with van der Waals surface area (Å²) in [5.41, 5.74) is 3.82. The number of unbranched alkanes of at least 4 members (excludes halogenated alkanes) is 1. The van der Waals surface area contributed by atoms with Crippen molar-refractivity contribution in [1.82, 2.24) is 24.8 Å². The summed E-state index contributed by atoms with van der Waals surface area (Å²) in [6.07, 6.45) is 12.1. The van der Waals surface area contributed by atoms with Crippen LogP contribution in [-0.2, 0) is 11.2 Å². The van der Waals surface area contributed by atoms with Crippen LogP contribution in [0.3, 0.4) is 0 Å². The Kier molecular flexibility index (Phi) is 7.87. The number of carbonyl (C=O) groups excluding carboxylic acids is 1. The van der Waals surface area contributed by atoms with Gasteiger partial charge in [-0.2, -0.15) is 0 Å². The summed E-state index contributed by atoms with van der Waals surface area (Å²) in [5.74, 6) is 0.328. The average molecular weight is 434 g/mol. The predicted molar refractivity (Wildman–Crippen MR) is 127 cm³/mol. The lowest BCUT2D eigenvalue weighted by Crippen LogP contribution is -2.23.